The van der Waals surface area contributed by atoms with Gasteiger partial charge in [-0.15, -0.1) is 10.2 Å². The standard InChI is InChI=1S/C14H17N3O2S/c1-18-11-5-3-10(4-6-11)13-15-16-14(20-13)17-8-7-12(9-17)19-2/h3-6,12H,7-9H2,1-2H3/t12-/m1/s1. The first kappa shape index (κ1) is 13.3. The Morgan fingerprint density at radius 3 is 2.65 bits per heavy atom. The van der Waals surface area contributed by atoms with Gasteiger partial charge in [-0.2, -0.15) is 0 Å². The molecule has 0 unspecified atom stereocenters. The second kappa shape index (κ2) is 5.76. The highest BCUT2D eigenvalue weighted by molar-refractivity contribution is 7.18. The number of benzene rings is 1. The molecule has 2 aromatic rings. The second-order valence-corrected chi connectivity index (χ2v) is 5.67. The highest BCUT2D eigenvalue weighted by Crippen LogP contribution is 2.31. The maximum absolute atomic E-state index is 5.38. The fourth-order valence-electron chi connectivity index (χ4n) is 2.29. The van der Waals surface area contributed by atoms with Gasteiger partial charge in [0.15, 0.2) is 0 Å². The van der Waals surface area contributed by atoms with Gasteiger partial charge in [-0.05, 0) is 30.7 Å². The van der Waals surface area contributed by atoms with Gasteiger partial charge in [-0.3, -0.25) is 0 Å². The predicted octanol–water partition coefficient (Wildman–Crippen LogP) is 2.44. The molecule has 6 heteroatoms. The number of hydrogen-bond acceptors (Lipinski definition) is 6. The van der Waals surface area contributed by atoms with Gasteiger partial charge in [0, 0.05) is 25.8 Å². The highest BCUT2D eigenvalue weighted by atomic mass is 32.1. The van der Waals surface area contributed by atoms with Crippen molar-refractivity contribution in [3.8, 4) is 16.3 Å². The summed E-state index contributed by atoms with van der Waals surface area (Å²) in [5.41, 5.74) is 1.07. The van der Waals surface area contributed by atoms with E-state index in [0.717, 1.165) is 41.0 Å². The van der Waals surface area contributed by atoms with Gasteiger partial charge in [0.1, 0.15) is 10.8 Å². The predicted molar refractivity (Wildman–Crippen MR) is 79.5 cm³/mol. The molecule has 0 radical (unpaired) electrons. The quantitative estimate of drug-likeness (QED) is 0.866. The van der Waals surface area contributed by atoms with Crippen molar-refractivity contribution in [3.63, 3.8) is 0 Å². The van der Waals surface area contributed by atoms with Crippen LogP contribution in [0, 0.1) is 0 Å². The highest BCUT2D eigenvalue weighted by Gasteiger charge is 2.24. The van der Waals surface area contributed by atoms with Crippen molar-refractivity contribution in [3.05, 3.63) is 24.3 Å². The average Bonchev–Trinajstić information content (AvgIpc) is 3.16. The van der Waals surface area contributed by atoms with Crippen LogP contribution < -0.4 is 9.64 Å². The Bertz CT molecular complexity index is 570. The van der Waals surface area contributed by atoms with Crippen molar-refractivity contribution in [2.24, 2.45) is 0 Å². The lowest BCUT2D eigenvalue weighted by molar-refractivity contribution is 0.121. The molecule has 1 saturated heterocycles. The van der Waals surface area contributed by atoms with Gasteiger partial charge in [0.2, 0.25) is 5.13 Å². The number of nitrogens with zero attached hydrogens (tertiary/aromatic N) is 3. The lowest BCUT2D eigenvalue weighted by Crippen LogP contribution is -2.21. The van der Waals surface area contributed by atoms with Gasteiger partial charge in [0.25, 0.3) is 0 Å². The summed E-state index contributed by atoms with van der Waals surface area (Å²) in [7, 11) is 3.43. The number of anilines is 1. The van der Waals surface area contributed by atoms with E-state index in [2.05, 4.69) is 15.1 Å². The van der Waals surface area contributed by atoms with E-state index >= 15 is 0 Å². The Labute approximate surface area is 122 Å². The Balaban J connectivity index is 1.76. The first-order valence-corrected chi connectivity index (χ1v) is 7.37. The fourth-order valence-corrected chi connectivity index (χ4v) is 3.17. The van der Waals surface area contributed by atoms with Crippen molar-refractivity contribution < 1.29 is 9.47 Å². The molecule has 5 nitrogen and oxygen atoms in total. The molecule has 1 atom stereocenters. The zero-order valence-corrected chi connectivity index (χ0v) is 12.4. The largest absolute Gasteiger partial charge is 0.497 e. The number of rotatable bonds is 4. The van der Waals surface area contributed by atoms with E-state index in [1.165, 1.54) is 0 Å². The monoisotopic (exact) mass is 291 g/mol. The van der Waals surface area contributed by atoms with E-state index in [9.17, 15) is 0 Å². The van der Waals surface area contributed by atoms with Crippen LogP contribution in [-0.4, -0.2) is 43.6 Å². The van der Waals surface area contributed by atoms with Gasteiger partial charge in [-0.25, -0.2) is 0 Å². The molecule has 0 saturated carbocycles. The minimum absolute atomic E-state index is 0.309. The van der Waals surface area contributed by atoms with E-state index in [-0.39, 0.29) is 0 Å². The maximum atomic E-state index is 5.38. The van der Waals surface area contributed by atoms with Crippen molar-refractivity contribution >= 4 is 16.5 Å². The number of hydrogen-bond donors (Lipinski definition) is 0. The Morgan fingerprint density at radius 1 is 1.20 bits per heavy atom. The summed E-state index contributed by atoms with van der Waals surface area (Å²) in [4.78, 5) is 2.23. The Kier molecular flexibility index (Phi) is 3.84. The summed E-state index contributed by atoms with van der Waals surface area (Å²) in [6, 6.07) is 7.89. The average molecular weight is 291 g/mol. The number of ether oxygens (including phenoxy) is 2. The third kappa shape index (κ3) is 2.62. The summed E-state index contributed by atoms with van der Waals surface area (Å²) >= 11 is 1.62. The van der Waals surface area contributed by atoms with Crippen LogP contribution in [0.3, 0.4) is 0 Å². The van der Waals surface area contributed by atoms with E-state index in [0.29, 0.717) is 6.10 Å². The third-order valence-electron chi connectivity index (χ3n) is 3.50. The number of methoxy groups -OCH3 is 2. The molecule has 1 aliphatic heterocycles. The van der Waals surface area contributed by atoms with Gasteiger partial charge in [-0.1, -0.05) is 11.3 Å². The van der Waals surface area contributed by atoms with Gasteiger partial charge < -0.3 is 14.4 Å². The normalized spacial score (nSPS) is 18.5. The van der Waals surface area contributed by atoms with Crippen molar-refractivity contribution in [2.75, 3.05) is 32.2 Å². The molecule has 106 valence electrons. The summed E-state index contributed by atoms with van der Waals surface area (Å²) < 4.78 is 10.5. The van der Waals surface area contributed by atoms with Gasteiger partial charge in [0.05, 0.1) is 13.2 Å². The van der Waals surface area contributed by atoms with Crippen LogP contribution in [-0.2, 0) is 4.74 Å². The minimum Gasteiger partial charge on any atom is -0.497 e. The summed E-state index contributed by atoms with van der Waals surface area (Å²) in [6.07, 6.45) is 1.36. The van der Waals surface area contributed by atoms with Crippen LogP contribution in [0.1, 0.15) is 6.42 Å². The molecule has 0 aliphatic carbocycles. The molecular formula is C14H17N3O2S. The molecule has 1 aromatic carbocycles. The van der Waals surface area contributed by atoms with Crippen molar-refractivity contribution in [1.29, 1.82) is 0 Å². The van der Waals surface area contributed by atoms with E-state index < -0.39 is 0 Å². The lowest BCUT2D eigenvalue weighted by Gasteiger charge is -2.12. The van der Waals surface area contributed by atoms with Crippen LogP contribution in [0.4, 0.5) is 5.13 Å². The second-order valence-electron chi connectivity index (χ2n) is 4.71. The molecule has 0 bridgehead atoms. The van der Waals surface area contributed by atoms with Crippen LogP contribution in [0.5, 0.6) is 5.75 Å². The minimum atomic E-state index is 0.309. The number of aromatic nitrogens is 2. The van der Waals surface area contributed by atoms with Crippen LogP contribution in [0.15, 0.2) is 24.3 Å². The molecule has 1 aliphatic rings. The van der Waals surface area contributed by atoms with Gasteiger partial charge >= 0.3 is 0 Å². The van der Waals surface area contributed by atoms with Crippen molar-refractivity contribution in [2.45, 2.75) is 12.5 Å². The molecule has 1 fully saturated rings. The molecule has 3 rings (SSSR count). The van der Waals surface area contributed by atoms with E-state index in [4.69, 9.17) is 9.47 Å². The molecule has 0 amide bonds. The van der Waals surface area contributed by atoms with Crippen molar-refractivity contribution in [1.82, 2.24) is 10.2 Å². The lowest BCUT2D eigenvalue weighted by atomic mass is 10.2. The molecular weight excluding hydrogens is 274 g/mol. The Hall–Kier alpha value is -1.66. The fraction of sp³-hybridized carbons (Fsp3) is 0.429. The zero-order valence-electron chi connectivity index (χ0n) is 11.6. The van der Waals surface area contributed by atoms with Crippen LogP contribution in [0.25, 0.3) is 10.6 Å². The first-order valence-electron chi connectivity index (χ1n) is 6.56. The topological polar surface area (TPSA) is 47.5 Å². The van der Waals surface area contributed by atoms with E-state index in [1.807, 2.05) is 24.3 Å². The van der Waals surface area contributed by atoms with Crippen LogP contribution >= 0.6 is 11.3 Å². The molecule has 0 spiro atoms. The summed E-state index contributed by atoms with van der Waals surface area (Å²) in [6.45, 7) is 1.88. The third-order valence-corrected chi connectivity index (χ3v) is 4.53. The SMILES string of the molecule is COc1ccc(-c2nnc(N3CC[C@@H](OC)C3)s2)cc1. The maximum Gasteiger partial charge on any atom is 0.208 e. The Morgan fingerprint density at radius 2 is 2.00 bits per heavy atom. The molecule has 20 heavy (non-hydrogen) atoms. The zero-order chi connectivity index (χ0) is 13.9. The first-order chi connectivity index (χ1) is 9.80. The smallest absolute Gasteiger partial charge is 0.208 e. The summed E-state index contributed by atoms with van der Waals surface area (Å²) in [5, 5.41) is 10.5. The summed E-state index contributed by atoms with van der Waals surface area (Å²) in [5.74, 6) is 0.848. The molecule has 2 heterocycles. The molecule has 1 aromatic heterocycles. The molecule has 0 N–H and O–H groups in total. The van der Waals surface area contributed by atoms with E-state index in [1.54, 1.807) is 25.6 Å². The van der Waals surface area contributed by atoms with Crippen LogP contribution in [0.2, 0.25) is 0 Å².